The van der Waals surface area contributed by atoms with E-state index in [0.29, 0.717) is 17.0 Å². The molecule has 0 spiro atoms. The Morgan fingerprint density at radius 3 is 2.48 bits per heavy atom. The molecule has 1 amide bonds. The Morgan fingerprint density at radius 2 is 1.81 bits per heavy atom. The van der Waals surface area contributed by atoms with Crippen molar-refractivity contribution in [2.75, 3.05) is 36.5 Å². The number of Topliss-reactive ketones (excluding diaryl/α,β-unsaturated/α-hetero) is 1. The summed E-state index contributed by atoms with van der Waals surface area (Å²) in [6.45, 7) is 6.38. The molecule has 2 aromatic rings. The smallest absolute Gasteiger partial charge is 0.265 e. The number of benzene rings is 2. The fraction of sp³-hybridized carbons (Fsp3) is 0.333. The number of nitrogens with zero attached hydrogens (tertiary/aromatic N) is 1. The van der Waals surface area contributed by atoms with Crippen LogP contribution in [-0.2, 0) is 9.53 Å². The third-order valence-electron chi connectivity index (χ3n) is 4.43. The number of rotatable bonds is 6. The molecule has 0 radical (unpaired) electrons. The number of nitrogens with one attached hydrogen (secondary N) is 1. The molecule has 0 aromatic heterocycles. The highest BCUT2D eigenvalue weighted by Gasteiger charge is 2.16. The number of ketones is 1. The van der Waals surface area contributed by atoms with Crippen molar-refractivity contribution >= 4 is 23.1 Å². The lowest BCUT2D eigenvalue weighted by atomic mass is 10.1. The average molecular weight is 368 g/mol. The van der Waals surface area contributed by atoms with E-state index in [-0.39, 0.29) is 11.7 Å². The summed E-state index contributed by atoms with van der Waals surface area (Å²) >= 11 is 0. The van der Waals surface area contributed by atoms with Crippen molar-refractivity contribution < 1.29 is 19.1 Å². The van der Waals surface area contributed by atoms with Gasteiger partial charge in [-0.3, -0.25) is 9.59 Å². The first-order chi connectivity index (χ1) is 13.0. The summed E-state index contributed by atoms with van der Waals surface area (Å²) in [7, 11) is 0. The second-order valence-corrected chi connectivity index (χ2v) is 6.48. The van der Waals surface area contributed by atoms with Crippen molar-refractivity contribution in [1.82, 2.24) is 0 Å². The van der Waals surface area contributed by atoms with Gasteiger partial charge < -0.3 is 19.7 Å². The maximum Gasteiger partial charge on any atom is 0.265 e. The minimum absolute atomic E-state index is 0.0436. The van der Waals surface area contributed by atoms with Crippen molar-refractivity contribution in [2.45, 2.75) is 20.0 Å². The Morgan fingerprint density at radius 1 is 1.11 bits per heavy atom. The lowest BCUT2D eigenvalue weighted by Gasteiger charge is -2.29. The number of anilines is 2. The summed E-state index contributed by atoms with van der Waals surface area (Å²) in [4.78, 5) is 26.1. The van der Waals surface area contributed by atoms with E-state index in [9.17, 15) is 9.59 Å². The molecule has 1 unspecified atom stereocenters. The number of amides is 1. The van der Waals surface area contributed by atoms with E-state index >= 15 is 0 Å². The number of hydrogen-bond donors (Lipinski definition) is 1. The molecule has 6 nitrogen and oxygen atoms in total. The third-order valence-corrected chi connectivity index (χ3v) is 4.43. The van der Waals surface area contributed by atoms with Gasteiger partial charge in [-0.25, -0.2) is 0 Å². The van der Waals surface area contributed by atoms with Crippen molar-refractivity contribution in [2.24, 2.45) is 0 Å². The molecule has 1 atom stereocenters. The van der Waals surface area contributed by atoms with E-state index in [1.807, 2.05) is 24.3 Å². The average Bonchev–Trinajstić information content (AvgIpc) is 2.69. The zero-order chi connectivity index (χ0) is 19.2. The van der Waals surface area contributed by atoms with Gasteiger partial charge in [0, 0.05) is 30.0 Å². The zero-order valence-electron chi connectivity index (χ0n) is 15.6. The van der Waals surface area contributed by atoms with E-state index in [1.54, 1.807) is 31.2 Å². The van der Waals surface area contributed by atoms with Crippen LogP contribution in [0.25, 0.3) is 0 Å². The number of carbonyl (C=O) groups is 2. The highest BCUT2D eigenvalue weighted by molar-refractivity contribution is 5.95. The first-order valence-corrected chi connectivity index (χ1v) is 9.04. The summed E-state index contributed by atoms with van der Waals surface area (Å²) in [6.07, 6.45) is -0.689. The van der Waals surface area contributed by atoms with Crippen LogP contribution in [0.15, 0.2) is 48.5 Å². The van der Waals surface area contributed by atoms with E-state index in [4.69, 9.17) is 9.47 Å². The first-order valence-electron chi connectivity index (χ1n) is 9.04. The minimum atomic E-state index is -0.689. The molecule has 1 heterocycles. The highest BCUT2D eigenvalue weighted by Crippen LogP contribution is 2.20. The monoisotopic (exact) mass is 368 g/mol. The van der Waals surface area contributed by atoms with Crippen LogP contribution in [-0.4, -0.2) is 44.1 Å². The van der Waals surface area contributed by atoms with Crippen molar-refractivity contribution in [3.05, 3.63) is 54.1 Å². The van der Waals surface area contributed by atoms with Gasteiger partial charge in [0.05, 0.1) is 13.2 Å². The second-order valence-electron chi connectivity index (χ2n) is 6.48. The highest BCUT2D eigenvalue weighted by atomic mass is 16.5. The molecule has 1 N–H and O–H groups in total. The van der Waals surface area contributed by atoms with Crippen LogP contribution in [0.4, 0.5) is 11.4 Å². The van der Waals surface area contributed by atoms with Crippen LogP contribution < -0.4 is 15.0 Å². The van der Waals surface area contributed by atoms with E-state index in [0.717, 1.165) is 32.0 Å². The molecule has 1 saturated heterocycles. The first kappa shape index (κ1) is 18.9. The third kappa shape index (κ3) is 5.08. The summed E-state index contributed by atoms with van der Waals surface area (Å²) in [5, 5.41) is 2.86. The number of carbonyl (C=O) groups excluding carboxylic acids is 2. The van der Waals surface area contributed by atoms with Gasteiger partial charge in [-0.15, -0.1) is 0 Å². The normalized spacial score (nSPS) is 15.1. The van der Waals surface area contributed by atoms with E-state index in [1.165, 1.54) is 6.92 Å². The quantitative estimate of drug-likeness (QED) is 0.794. The van der Waals surface area contributed by atoms with Crippen LogP contribution >= 0.6 is 0 Å². The Balaban J connectivity index is 1.57. The van der Waals surface area contributed by atoms with Crippen LogP contribution in [0.3, 0.4) is 0 Å². The zero-order valence-corrected chi connectivity index (χ0v) is 15.6. The van der Waals surface area contributed by atoms with Gasteiger partial charge >= 0.3 is 0 Å². The van der Waals surface area contributed by atoms with Crippen LogP contribution in [0, 0.1) is 0 Å². The van der Waals surface area contributed by atoms with Crippen molar-refractivity contribution in [3.63, 3.8) is 0 Å². The lowest BCUT2D eigenvalue weighted by molar-refractivity contribution is -0.122. The maximum atomic E-state index is 12.4. The molecular weight excluding hydrogens is 344 g/mol. The van der Waals surface area contributed by atoms with Gasteiger partial charge in [-0.05, 0) is 50.2 Å². The molecule has 0 aliphatic carbocycles. The van der Waals surface area contributed by atoms with Gasteiger partial charge in [0.1, 0.15) is 5.75 Å². The molecule has 1 aliphatic rings. The molecule has 6 heteroatoms. The topological polar surface area (TPSA) is 67.9 Å². The minimum Gasteiger partial charge on any atom is -0.481 e. The molecular formula is C21H24N2O4. The predicted octanol–water partition coefficient (Wildman–Crippen LogP) is 3.13. The molecule has 2 aromatic carbocycles. The van der Waals surface area contributed by atoms with Crippen LogP contribution in [0.2, 0.25) is 0 Å². The molecule has 27 heavy (non-hydrogen) atoms. The predicted molar refractivity (Wildman–Crippen MR) is 105 cm³/mol. The summed E-state index contributed by atoms with van der Waals surface area (Å²) < 4.78 is 11.0. The van der Waals surface area contributed by atoms with E-state index in [2.05, 4.69) is 10.2 Å². The van der Waals surface area contributed by atoms with E-state index < -0.39 is 6.10 Å². The molecule has 142 valence electrons. The molecule has 1 fully saturated rings. The van der Waals surface area contributed by atoms with Gasteiger partial charge in [-0.1, -0.05) is 12.1 Å². The lowest BCUT2D eigenvalue weighted by Crippen LogP contribution is -2.36. The molecule has 0 bridgehead atoms. The fourth-order valence-corrected chi connectivity index (χ4v) is 2.87. The van der Waals surface area contributed by atoms with Crippen LogP contribution in [0.1, 0.15) is 24.2 Å². The number of morpholine rings is 1. The largest absolute Gasteiger partial charge is 0.481 e. The Bertz CT molecular complexity index is 798. The van der Waals surface area contributed by atoms with Gasteiger partial charge in [0.2, 0.25) is 0 Å². The summed E-state index contributed by atoms with van der Waals surface area (Å²) in [6, 6.07) is 14.6. The Hall–Kier alpha value is -2.86. The van der Waals surface area contributed by atoms with Gasteiger partial charge in [0.15, 0.2) is 11.9 Å². The van der Waals surface area contributed by atoms with Gasteiger partial charge in [0.25, 0.3) is 5.91 Å². The maximum absolute atomic E-state index is 12.4. The SMILES string of the molecule is CC(=O)c1cccc(OC(C)C(=O)Nc2ccc(N3CCOCC3)cc2)c1. The van der Waals surface area contributed by atoms with Crippen molar-refractivity contribution in [3.8, 4) is 5.75 Å². The Labute approximate surface area is 159 Å². The Kier molecular flexibility index (Phi) is 6.08. The second kappa shape index (κ2) is 8.68. The van der Waals surface area contributed by atoms with Crippen molar-refractivity contribution in [1.29, 1.82) is 0 Å². The fourth-order valence-electron chi connectivity index (χ4n) is 2.87. The molecule has 1 aliphatic heterocycles. The standard InChI is InChI=1S/C21H24N2O4/c1-15(24)17-4-3-5-20(14-17)27-16(2)21(25)22-18-6-8-19(9-7-18)23-10-12-26-13-11-23/h3-9,14,16H,10-13H2,1-2H3,(H,22,25). The number of hydrogen-bond acceptors (Lipinski definition) is 5. The van der Waals surface area contributed by atoms with Crippen LogP contribution in [0.5, 0.6) is 5.75 Å². The molecule has 3 rings (SSSR count). The summed E-state index contributed by atoms with van der Waals surface area (Å²) in [5.41, 5.74) is 2.38. The number of ether oxygens (including phenoxy) is 2. The van der Waals surface area contributed by atoms with Gasteiger partial charge in [-0.2, -0.15) is 0 Å². The molecule has 0 saturated carbocycles. The summed E-state index contributed by atoms with van der Waals surface area (Å²) in [5.74, 6) is 0.202.